The van der Waals surface area contributed by atoms with Crippen LogP contribution in [0.1, 0.15) is 43.0 Å². The highest BCUT2D eigenvalue weighted by atomic mass is 32.1. The Labute approximate surface area is 124 Å². The molecule has 3 rings (SSSR count). The summed E-state index contributed by atoms with van der Waals surface area (Å²) in [5.41, 5.74) is 7.21. The van der Waals surface area contributed by atoms with Gasteiger partial charge in [0.05, 0.1) is 12.7 Å². The van der Waals surface area contributed by atoms with Crippen LogP contribution in [0.25, 0.3) is 10.1 Å². The molecule has 20 heavy (non-hydrogen) atoms. The van der Waals surface area contributed by atoms with Gasteiger partial charge in [-0.25, -0.2) is 0 Å². The van der Waals surface area contributed by atoms with Crippen LogP contribution in [-0.4, -0.2) is 6.10 Å². The molecule has 0 amide bonds. The average molecular weight is 289 g/mol. The van der Waals surface area contributed by atoms with E-state index in [1.54, 1.807) is 11.3 Å². The largest absolute Gasteiger partial charge is 0.373 e. The first kappa shape index (κ1) is 14.1. The van der Waals surface area contributed by atoms with Crippen LogP contribution in [0.15, 0.2) is 24.3 Å². The van der Waals surface area contributed by atoms with Gasteiger partial charge in [-0.3, -0.25) is 0 Å². The molecule has 0 spiro atoms. The van der Waals surface area contributed by atoms with E-state index in [0.29, 0.717) is 12.6 Å². The lowest BCUT2D eigenvalue weighted by molar-refractivity contribution is 0.00915. The van der Waals surface area contributed by atoms with Crippen molar-refractivity contribution >= 4 is 21.4 Å². The Morgan fingerprint density at radius 1 is 1.20 bits per heavy atom. The Balaban J connectivity index is 1.73. The van der Waals surface area contributed by atoms with E-state index in [4.69, 9.17) is 10.5 Å². The summed E-state index contributed by atoms with van der Waals surface area (Å²) in [6.07, 6.45) is 5.47. The van der Waals surface area contributed by atoms with E-state index in [1.807, 2.05) is 0 Å². The summed E-state index contributed by atoms with van der Waals surface area (Å²) in [7, 11) is 0. The Bertz CT molecular complexity index is 569. The molecule has 2 nitrogen and oxygen atoms in total. The third kappa shape index (κ3) is 2.90. The number of ether oxygens (including phenoxy) is 1. The smallest absolute Gasteiger partial charge is 0.0738 e. The highest BCUT2D eigenvalue weighted by molar-refractivity contribution is 7.19. The van der Waals surface area contributed by atoms with Crippen LogP contribution in [0.5, 0.6) is 0 Å². The van der Waals surface area contributed by atoms with E-state index in [0.717, 1.165) is 12.5 Å². The summed E-state index contributed by atoms with van der Waals surface area (Å²) in [6.45, 7) is 3.67. The lowest BCUT2D eigenvalue weighted by Crippen LogP contribution is -2.20. The predicted molar refractivity (Wildman–Crippen MR) is 85.9 cm³/mol. The first-order chi connectivity index (χ1) is 9.78. The highest BCUT2D eigenvalue weighted by Gasteiger charge is 2.20. The molecule has 0 radical (unpaired) electrons. The van der Waals surface area contributed by atoms with Crippen LogP contribution >= 0.6 is 11.3 Å². The molecule has 1 aliphatic carbocycles. The monoisotopic (exact) mass is 289 g/mol. The van der Waals surface area contributed by atoms with Gasteiger partial charge in [-0.05, 0) is 43.1 Å². The lowest BCUT2D eigenvalue weighted by Gasteiger charge is -2.26. The quantitative estimate of drug-likeness (QED) is 0.902. The average Bonchev–Trinajstić information content (AvgIpc) is 2.84. The van der Waals surface area contributed by atoms with Gasteiger partial charge in [-0.1, -0.05) is 25.1 Å². The van der Waals surface area contributed by atoms with Crippen molar-refractivity contribution in [1.29, 1.82) is 0 Å². The molecule has 108 valence electrons. The van der Waals surface area contributed by atoms with Gasteiger partial charge in [0.1, 0.15) is 0 Å². The number of hydrogen-bond donors (Lipinski definition) is 1. The number of nitrogens with two attached hydrogens (primary N) is 1. The normalized spacial score (nSPS) is 23.3. The first-order valence-corrected chi connectivity index (χ1v) is 8.40. The van der Waals surface area contributed by atoms with E-state index < -0.39 is 0 Å². The zero-order valence-electron chi connectivity index (χ0n) is 12.1. The zero-order valence-corrected chi connectivity index (χ0v) is 12.9. The molecule has 0 bridgehead atoms. The molecule has 1 saturated carbocycles. The van der Waals surface area contributed by atoms with Crippen LogP contribution in [0.3, 0.4) is 0 Å². The second-order valence-corrected chi connectivity index (χ2v) is 7.03. The number of hydrogen-bond acceptors (Lipinski definition) is 3. The maximum Gasteiger partial charge on any atom is 0.0738 e. The summed E-state index contributed by atoms with van der Waals surface area (Å²) >= 11 is 1.81. The van der Waals surface area contributed by atoms with E-state index in [9.17, 15) is 0 Å². The maximum absolute atomic E-state index is 6.18. The number of rotatable bonds is 4. The third-order valence-electron chi connectivity index (χ3n) is 4.39. The van der Waals surface area contributed by atoms with Gasteiger partial charge in [0.2, 0.25) is 0 Å². The van der Waals surface area contributed by atoms with Gasteiger partial charge < -0.3 is 10.5 Å². The minimum Gasteiger partial charge on any atom is -0.373 e. The van der Waals surface area contributed by atoms with Gasteiger partial charge in [0.15, 0.2) is 0 Å². The minimum atomic E-state index is 0.440. The fraction of sp³-hybridized carbons (Fsp3) is 0.529. The second kappa shape index (κ2) is 6.25. The fourth-order valence-corrected chi connectivity index (χ4v) is 4.16. The van der Waals surface area contributed by atoms with Crippen molar-refractivity contribution in [3.8, 4) is 0 Å². The summed E-state index contributed by atoms with van der Waals surface area (Å²) in [5, 5.41) is 1.32. The first-order valence-electron chi connectivity index (χ1n) is 7.59. The Kier molecular flexibility index (Phi) is 4.39. The third-order valence-corrected chi connectivity index (χ3v) is 5.63. The maximum atomic E-state index is 6.18. The van der Waals surface area contributed by atoms with E-state index in [1.165, 1.54) is 46.2 Å². The Morgan fingerprint density at radius 2 is 1.95 bits per heavy atom. The van der Waals surface area contributed by atoms with Gasteiger partial charge in [0, 0.05) is 21.7 Å². The predicted octanol–water partition coefficient (Wildman–Crippen LogP) is 4.46. The van der Waals surface area contributed by atoms with Crippen molar-refractivity contribution in [1.82, 2.24) is 0 Å². The number of thiophene rings is 1. The topological polar surface area (TPSA) is 35.2 Å². The van der Waals surface area contributed by atoms with Crippen LogP contribution < -0.4 is 5.73 Å². The molecule has 0 unspecified atom stereocenters. The molecule has 0 aliphatic heterocycles. The Hall–Kier alpha value is -0.900. The molecule has 1 heterocycles. The molecule has 1 aliphatic rings. The second-order valence-electron chi connectivity index (χ2n) is 5.90. The highest BCUT2D eigenvalue weighted by Crippen LogP contribution is 2.33. The molecule has 1 aromatic carbocycles. The molecule has 1 fully saturated rings. The van der Waals surface area contributed by atoms with Gasteiger partial charge in [-0.15, -0.1) is 11.3 Å². The summed E-state index contributed by atoms with van der Waals surface area (Å²) in [4.78, 5) is 1.27. The standard InChI is InChI=1S/C17H23NOS/c1-12-6-8-13(9-7-12)19-11-15-14-4-2-3-5-16(14)20-17(15)10-18/h2-5,12-13H,6-11,18H2,1H3. The SMILES string of the molecule is CC1CCC(OCc2c(CN)sc3ccccc23)CC1. The van der Waals surface area contributed by atoms with Crippen LogP contribution in [0, 0.1) is 5.92 Å². The zero-order chi connectivity index (χ0) is 13.9. The number of fused-ring (bicyclic) bond motifs is 1. The Morgan fingerprint density at radius 3 is 2.70 bits per heavy atom. The minimum absolute atomic E-state index is 0.440. The summed E-state index contributed by atoms with van der Waals surface area (Å²) in [5.74, 6) is 0.872. The van der Waals surface area contributed by atoms with Crippen molar-refractivity contribution in [3.05, 3.63) is 34.7 Å². The molecule has 0 saturated heterocycles. The van der Waals surface area contributed by atoms with Crippen molar-refractivity contribution in [3.63, 3.8) is 0 Å². The number of benzene rings is 1. The van der Waals surface area contributed by atoms with Crippen molar-refractivity contribution < 1.29 is 4.74 Å². The van der Waals surface area contributed by atoms with Crippen LogP contribution in [0.2, 0.25) is 0 Å². The van der Waals surface area contributed by atoms with E-state index in [2.05, 4.69) is 31.2 Å². The van der Waals surface area contributed by atoms with Gasteiger partial charge in [-0.2, -0.15) is 0 Å². The summed E-state index contributed by atoms with van der Waals surface area (Å²) in [6, 6.07) is 8.55. The fourth-order valence-electron chi connectivity index (χ4n) is 3.07. The molecule has 0 atom stereocenters. The molecule has 1 aromatic heterocycles. The van der Waals surface area contributed by atoms with Crippen LogP contribution in [0.4, 0.5) is 0 Å². The molecular weight excluding hydrogens is 266 g/mol. The molecule has 2 aromatic rings. The molecule has 2 N–H and O–H groups in total. The van der Waals surface area contributed by atoms with Gasteiger partial charge >= 0.3 is 0 Å². The van der Waals surface area contributed by atoms with Crippen molar-refractivity contribution in [2.75, 3.05) is 0 Å². The lowest BCUT2D eigenvalue weighted by atomic mass is 9.89. The van der Waals surface area contributed by atoms with E-state index in [-0.39, 0.29) is 0 Å². The molecule has 3 heteroatoms. The van der Waals surface area contributed by atoms with Crippen molar-refractivity contribution in [2.24, 2.45) is 11.7 Å². The van der Waals surface area contributed by atoms with Crippen LogP contribution in [-0.2, 0) is 17.9 Å². The van der Waals surface area contributed by atoms with Crippen molar-refractivity contribution in [2.45, 2.75) is 51.9 Å². The van der Waals surface area contributed by atoms with E-state index >= 15 is 0 Å². The molecular formula is C17H23NOS. The summed E-state index contributed by atoms with van der Waals surface area (Å²) < 4.78 is 7.50. The van der Waals surface area contributed by atoms with Gasteiger partial charge in [0.25, 0.3) is 0 Å².